The Bertz CT molecular complexity index is 1310. The van der Waals surface area contributed by atoms with Crippen molar-refractivity contribution in [3.05, 3.63) is 58.0 Å². The molecule has 8 heteroatoms. The molecule has 0 spiro atoms. The fourth-order valence-electron chi connectivity index (χ4n) is 3.67. The van der Waals surface area contributed by atoms with Crippen LogP contribution < -0.4 is 10.4 Å². The molecule has 1 aliphatic rings. The summed E-state index contributed by atoms with van der Waals surface area (Å²) in [6, 6.07) is 7.70. The molecular formula is C22H22ClN5O2. The van der Waals surface area contributed by atoms with Crippen molar-refractivity contribution < 1.29 is 4.74 Å². The number of aromatic nitrogens is 5. The van der Waals surface area contributed by atoms with Gasteiger partial charge in [0.1, 0.15) is 0 Å². The molecule has 3 heterocycles. The second-order valence-electron chi connectivity index (χ2n) is 8.12. The number of para-hydroxylation sites is 1. The molecule has 3 aromatic heterocycles. The first-order valence-electron chi connectivity index (χ1n) is 10.2. The normalized spacial score (nSPS) is 14.1. The number of nitrogens with zero attached hydrogens (tertiary/aromatic N) is 5. The van der Waals surface area contributed by atoms with Crippen LogP contribution in [0.1, 0.15) is 38.6 Å². The van der Waals surface area contributed by atoms with Crippen LogP contribution in [0.4, 0.5) is 0 Å². The summed E-state index contributed by atoms with van der Waals surface area (Å²) < 4.78 is 9.52. The molecule has 154 valence electrons. The number of hydrogen-bond acceptors (Lipinski definition) is 5. The van der Waals surface area contributed by atoms with Gasteiger partial charge < -0.3 is 4.74 Å². The highest BCUT2D eigenvalue weighted by atomic mass is 35.5. The number of pyridine rings is 1. The van der Waals surface area contributed by atoms with Crippen molar-refractivity contribution in [3.8, 4) is 5.88 Å². The molecule has 5 rings (SSSR count). The standard InChI is InChI=1S/C22H22ClN5O2/c1-13(2)12-30-21-15-4-3-5-16(23)20(15)25-19(26-21)11-27-18-10-24-9-8-17(18)28(22(27)29)14-6-7-14/h3-5,8-10,13-14H,6-7,11-12H2,1-2H3. The monoisotopic (exact) mass is 423 g/mol. The second kappa shape index (κ2) is 7.40. The highest BCUT2D eigenvalue weighted by molar-refractivity contribution is 6.35. The van der Waals surface area contributed by atoms with E-state index in [0.717, 1.165) is 29.3 Å². The molecule has 4 aromatic rings. The Morgan fingerprint density at radius 2 is 2.03 bits per heavy atom. The number of hydrogen-bond donors (Lipinski definition) is 0. The van der Waals surface area contributed by atoms with Gasteiger partial charge in [0.2, 0.25) is 5.88 Å². The third kappa shape index (κ3) is 3.33. The van der Waals surface area contributed by atoms with E-state index in [1.807, 2.05) is 22.8 Å². The van der Waals surface area contributed by atoms with Gasteiger partial charge in [-0.3, -0.25) is 14.1 Å². The van der Waals surface area contributed by atoms with Crippen molar-refractivity contribution in [1.82, 2.24) is 24.1 Å². The third-order valence-electron chi connectivity index (χ3n) is 5.22. The van der Waals surface area contributed by atoms with Crippen LogP contribution in [0.2, 0.25) is 5.02 Å². The van der Waals surface area contributed by atoms with E-state index in [1.54, 1.807) is 23.0 Å². The second-order valence-corrected chi connectivity index (χ2v) is 8.53. The highest BCUT2D eigenvalue weighted by Crippen LogP contribution is 2.36. The van der Waals surface area contributed by atoms with E-state index in [2.05, 4.69) is 28.8 Å². The molecule has 0 atom stereocenters. The first-order chi connectivity index (χ1) is 14.5. The number of fused-ring (bicyclic) bond motifs is 2. The molecule has 1 aliphatic carbocycles. The van der Waals surface area contributed by atoms with Crippen LogP contribution in [0.3, 0.4) is 0 Å². The summed E-state index contributed by atoms with van der Waals surface area (Å²) in [7, 11) is 0. The van der Waals surface area contributed by atoms with Gasteiger partial charge in [-0.1, -0.05) is 31.5 Å². The van der Waals surface area contributed by atoms with Crippen molar-refractivity contribution in [1.29, 1.82) is 0 Å². The Hall–Kier alpha value is -2.93. The van der Waals surface area contributed by atoms with Crippen molar-refractivity contribution in [3.63, 3.8) is 0 Å². The molecule has 0 N–H and O–H groups in total. The molecule has 30 heavy (non-hydrogen) atoms. The van der Waals surface area contributed by atoms with Crippen LogP contribution in [0.15, 0.2) is 41.5 Å². The minimum atomic E-state index is -0.0620. The van der Waals surface area contributed by atoms with Gasteiger partial charge in [0.15, 0.2) is 5.82 Å². The molecule has 1 aromatic carbocycles. The maximum atomic E-state index is 13.2. The smallest absolute Gasteiger partial charge is 0.329 e. The lowest BCUT2D eigenvalue weighted by Crippen LogP contribution is -2.25. The maximum Gasteiger partial charge on any atom is 0.329 e. The SMILES string of the molecule is CC(C)COc1nc(Cn2c(=O)n(C3CC3)c3ccncc32)nc2c(Cl)cccc12. The van der Waals surface area contributed by atoms with Crippen LogP contribution in [0, 0.1) is 5.92 Å². The summed E-state index contributed by atoms with van der Waals surface area (Å²) in [6.45, 7) is 4.91. The van der Waals surface area contributed by atoms with E-state index < -0.39 is 0 Å². The summed E-state index contributed by atoms with van der Waals surface area (Å²) >= 11 is 6.42. The molecule has 1 saturated carbocycles. The van der Waals surface area contributed by atoms with Crippen molar-refractivity contribution >= 4 is 33.5 Å². The van der Waals surface area contributed by atoms with E-state index in [4.69, 9.17) is 16.3 Å². The Morgan fingerprint density at radius 3 is 2.80 bits per heavy atom. The van der Waals surface area contributed by atoms with Gasteiger partial charge in [-0.05, 0) is 37.0 Å². The fraction of sp³-hybridized carbons (Fsp3) is 0.364. The summed E-state index contributed by atoms with van der Waals surface area (Å²) in [5.74, 6) is 1.32. The maximum absolute atomic E-state index is 13.2. The predicted molar refractivity (Wildman–Crippen MR) is 116 cm³/mol. The van der Waals surface area contributed by atoms with E-state index in [-0.39, 0.29) is 18.3 Å². The molecule has 0 radical (unpaired) electrons. The minimum Gasteiger partial charge on any atom is -0.477 e. The lowest BCUT2D eigenvalue weighted by molar-refractivity contribution is 0.263. The van der Waals surface area contributed by atoms with Gasteiger partial charge in [-0.15, -0.1) is 0 Å². The lowest BCUT2D eigenvalue weighted by atomic mass is 10.2. The number of rotatable bonds is 6. The molecular weight excluding hydrogens is 402 g/mol. The molecule has 0 amide bonds. The van der Waals surface area contributed by atoms with E-state index in [0.29, 0.717) is 34.8 Å². The van der Waals surface area contributed by atoms with Crippen LogP contribution >= 0.6 is 11.6 Å². The minimum absolute atomic E-state index is 0.0620. The number of benzene rings is 1. The summed E-state index contributed by atoms with van der Waals surface area (Å²) in [4.78, 5) is 26.7. The van der Waals surface area contributed by atoms with Crippen molar-refractivity contribution in [2.45, 2.75) is 39.3 Å². The molecule has 0 bridgehead atoms. The Labute approximate surface area is 178 Å². The van der Waals surface area contributed by atoms with E-state index in [1.165, 1.54) is 0 Å². The average molecular weight is 424 g/mol. The number of halogens is 1. The predicted octanol–water partition coefficient (Wildman–Crippen LogP) is 4.21. The zero-order valence-corrected chi connectivity index (χ0v) is 17.6. The molecule has 0 saturated heterocycles. The number of imidazole rings is 1. The van der Waals surface area contributed by atoms with Gasteiger partial charge in [0.05, 0.1) is 46.3 Å². The first kappa shape index (κ1) is 19.1. The average Bonchev–Trinajstić information content (AvgIpc) is 3.52. The first-order valence-corrected chi connectivity index (χ1v) is 10.5. The van der Waals surface area contributed by atoms with Gasteiger partial charge >= 0.3 is 5.69 Å². The van der Waals surface area contributed by atoms with E-state index >= 15 is 0 Å². The van der Waals surface area contributed by atoms with Crippen LogP contribution in [0.25, 0.3) is 21.9 Å². The van der Waals surface area contributed by atoms with Crippen molar-refractivity contribution in [2.75, 3.05) is 6.61 Å². The number of ether oxygens (including phenoxy) is 1. The lowest BCUT2D eigenvalue weighted by Gasteiger charge is -2.12. The van der Waals surface area contributed by atoms with Gasteiger partial charge in [0.25, 0.3) is 0 Å². The molecule has 1 fully saturated rings. The summed E-state index contributed by atoms with van der Waals surface area (Å²) in [6.07, 6.45) is 5.49. The molecule has 0 aliphatic heterocycles. The van der Waals surface area contributed by atoms with Crippen LogP contribution in [0.5, 0.6) is 5.88 Å². The zero-order chi connectivity index (χ0) is 20.8. The quantitative estimate of drug-likeness (QED) is 0.464. The third-order valence-corrected chi connectivity index (χ3v) is 5.52. The van der Waals surface area contributed by atoms with E-state index in [9.17, 15) is 4.79 Å². The summed E-state index contributed by atoms with van der Waals surface area (Å²) in [5.41, 5.74) is 2.24. The van der Waals surface area contributed by atoms with Crippen molar-refractivity contribution in [2.24, 2.45) is 5.92 Å². The van der Waals surface area contributed by atoms with Gasteiger partial charge in [-0.25, -0.2) is 9.78 Å². The molecule has 0 unspecified atom stereocenters. The molecule has 7 nitrogen and oxygen atoms in total. The highest BCUT2D eigenvalue weighted by Gasteiger charge is 2.29. The topological polar surface area (TPSA) is 74.8 Å². The van der Waals surface area contributed by atoms with Gasteiger partial charge in [0, 0.05) is 12.2 Å². The zero-order valence-electron chi connectivity index (χ0n) is 16.9. The Kier molecular flexibility index (Phi) is 4.70. The Morgan fingerprint density at radius 1 is 1.20 bits per heavy atom. The van der Waals surface area contributed by atoms with Crippen LogP contribution in [-0.4, -0.2) is 30.7 Å². The Balaban J connectivity index is 1.63. The fourth-order valence-corrected chi connectivity index (χ4v) is 3.88. The largest absolute Gasteiger partial charge is 0.477 e. The summed E-state index contributed by atoms with van der Waals surface area (Å²) in [5, 5.41) is 1.29. The van der Waals surface area contributed by atoms with Gasteiger partial charge in [-0.2, -0.15) is 4.98 Å². The van der Waals surface area contributed by atoms with Crippen LogP contribution in [-0.2, 0) is 6.54 Å².